The van der Waals surface area contributed by atoms with E-state index in [1.165, 1.54) is 0 Å². The van der Waals surface area contributed by atoms with Gasteiger partial charge in [-0.1, -0.05) is 0 Å². The molecule has 2 fully saturated rings. The van der Waals surface area contributed by atoms with Crippen LogP contribution in [0.4, 0.5) is 0 Å². The van der Waals surface area contributed by atoms with Gasteiger partial charge in [0.1, 0.15) is 17.0 Å². The number of likely N-dealkylation sites (tertiary alicyclic amines) is 1. The van der Waals surface area contributed by atoms with Gasteiger partial charge < -0.3 is 19.2 Å². The quantitative estimate of drug-likeness (QED) is 0.635. The topological polar surface area (TPSA) is 77.0 Å². The molecule has 0 atom stereocenters. The summed E-state index contributed by atoms with van der Waals surface area (Å²) < 4.78 is 2.89. The number of hydrogen-bond acceptors (Lipinski definition) is 4. The fourth-order valence-electron chi connectivity index (χ4n) is 4.26. The first kappa shape index (κ1) is 19.3. The number of halogens is 1. The number of nitrogens with one attached hydrogen (secondary N) is 1. The smallest absolute Gasteiger partial charge is 0.274 e. The van der Waals surface area contributed by atoms with E-state index in [2.05, 4.69) is 30.8 Å². The number of aromatic amines is 1. The van der Waals surface area contributed by atoms with Crippen molar-refractivity contribution in [2.45, 2.75) is 13.0 Å². The fraction of sp³-hybridized carbons (Fsp3) is 0.381. The third kappa shape index (κ3) is 3.31. The maximum absolute atomic E-state index is 13.0. The van der Waals surface area contributed by atoms with E-state index >= 15 is 0 Å². The van der Waals surface area contributed by atoms with Crippen LogP contribution in [0.15, 0.2) is 41.1 Å². The molecule has 1 N–H and O–H groups in total. The number of hydrogen-bond donors (Lipinski definition) is 1. The summed E-state index contributed by atoms with van der Waals surface area (Å²) in [7, 11) is 0. The van der Waals surface area contributed by atoms with Gasteiger partial charge in [-0.3, -0.25) is 14.5 Å². The number of aryl methyl sites for hydroxylation is 1. The Bertz CT molecular complexity index is 1090. The molecule has 2 aliphatic rings. The third-order valence-corrected chi connectivity index (χ3v) is 6.59. The summed E-state index contributed by atoms with van der Waals surface area (Å²) in [5.74, 6) is 0.0446. The minimum absolute atomic E-state index is 0.0101. The Morgan fingerprint density at radius 2 is 1.83 bits per heavy atom. The van der Waals surface area contributed by atoms with Gasteiger partial charge >= 0.3 is 0 Å². The molecule has 0 aromatic carbocycles. The van der Waals surface area contributed by atoms with Gasteiger partial charge in [0, 0.05) is 62.2 Å². The van der Waals surface area contributed by atoms with Crippen LogP contribution < -0.4 is 0 Å². The highest BCUT2D eigenvalue weighted by molar-refractivity contribution is 9.10. The van der Waals surface area contributed by atoms with Crippen molar-refractivity contribution in [3.63, 3.8) is 0 Å². The van der Waals surface area contributed by atoms with Crippen LogP contribution in [0.3, 0.4) is 0 Å². The van der Waals surface area contributed by atoms with Crippen molar-refractivity contribution in [3.8, 4) is 0 Å². The van der Waals surface area contributed by atoms with E-state index in [0.717, 1.165) is 28.9 Å². The lowest BCUT2D eigenvalue weighted by Gasteiger charge is -2.47. The summed E-state index contributed by atoms with van der Waals surface area (Å²) >= 11 is 3.47. The Hall–Kier alpha value is -2.65. The van der Waals surface area contributed by atoms with Crippen LogP contribution in [0.2, 0.25) is 0 Å². The van der Waals surface area contributed by atoms with Gasteiger partial charge in [0.25, 0.3) is 11.8 Å². The highest BCUT2D eigenvalue weighted by atomic mass is 79.9. The van der Waals surface area contributed by atoms with Crippen LogP contribution in [0.1, 0.15) is 26.7 Å². The summed E-state index contributed by atoms with van der Waals surface area (Å²) in [6.45, 7) is 6.44. The number of carbonyl (C=O) groups is 2. The average molecular weight is 471 g/mol. The maximum atomic E-state index is 13.0. The van der Waals surface area contributed by atoms with E-state index in [1.807, 2.05) is 51.6 Å². The normalized spacial score (nSPS) is 18.1. The van der Waals surface area contributed by atoms with E-state index in [9.17, 15) is 9.59 Å². The number of aromatic nitrogens is 3. The van der Waals surface area contributed by atoms with Crippen LogP contribution in [-0.2, 0) is 0 Å². The summed E-state index contributed by atoms with van der Waals surface area (Å²) in [4.78, 5) is 39.1. The molecular weight excluding hydrogens is 448 g/mol. The van der Waals surface area contributed by atoms with E-state index in [1.54, 1.807) is 6.20 Å². The first-order valence-corrected chi connectivity index (χ1v) is 10.9. The Balaban J connectivity index is 1.18. The van der Waals surface area contributed by atoms with E-state index < -0.39 is 0 Å². The number of amides is 2. The lowest BCUT2D eigenvalue weighted by molar-refractivity contribution is 0.00813. The molecule has 9 heteroatoms. The number of fused-ring (bicyclic) bond motifs is 1. The average Bonchev–Trinajstić information content (AvgIpc) is 3.36. The molecule has 5 heterocycles. The molecule has 2 aliphatic heterocycles. The molecule has 5 rings (SSSR count). The molecule has 0 aliphatic carbocycles. The summed E-state index contributed by atoms with van der Waals surface area (Å²) in [6, 6.07) is 7.83. The van der Waals surface area contributed by atoms with Gasteiger partial charge in [0.15, 0.2) is 0 Å². The van der Waals surface area contributed by atoms with Gasteiger partial charge in [-0.2, -0.15) is 0 Å². The molecule has 0 saturated carbocycles. The predicted molar refractivity (Wildman–Crippen MR) is 116 cm³/mol. The minimum Gasteiger partial charge on any atom is -0.357 e. The van der Waals surface area contributed by atoms with E-state index in [4.69, 9.17) is 0 Å². The monoisotopic (exact) mass is 470 g/mol. The second-order valence-corrected chi connectivity index (χ2v) is 8.81. The molecule has 30 heavy (non-hydrogen) atoms. The van der Waals surface area contributed by atoms with Crippen molar-refractivity contribution >= 4 is 33.4 Å². The number of nitrogens with zero attached hydrogens (tertiary/aromatic N) is 5. The summed E-state index contributed by atoms with van der Waals surface area (Å²) in [6.07, 6.45) is 3.70. The maximum Gasteiger partial charge on any atom is 0.274 e. The standard InChI is InChI=1S/C21H23BrN6O2/c1-14-19(24-18-5-4-15(22)11-28(14)18)21(30)27-12-16(13-27)25-7-9-26(10-8-25)20(29)17-3-2-6-23-17/h2-6,11,16,23H,7-10,12-13H2,1H3. The largest absolute Gasteiger partial charge is 0.357 e. The van der Waals surface area contributed by atoms with Crippen LogP contribution in [0.25, 0.3) is 5.65 Å². The van der Waals surface area contributed by atoms with Crippen molar-refractivity contribution in [3.05, 3.63) is 58.2 Å². The first-order valence-electron chi connectivity index (χ1n) is 10.1. The Morgan fingerprint density at radius 3 is 2.53 bits per heavy atom. The van der Waals surface area contributed by atoms with Gasteiger partial charge in [0.05, 0.1) is 5.69 Å². The van der Waals surface area contributed by atoms with Crippen LogP contribution in [0.5, 0.6) is 0 Å². The molecule has 2 saturated heterocycles. The minimum atomic E-state index is -0.0101. The Labute approximate surface area is 182 Å². The number of H-pyrrole nitrogens is 1. The molecule has 3 aromatic rings. The van der Waals surface area contributed by atoms with Gasteiger partial charge in [-0.05, 0) is 47.1 Å². The van der Waals surface area contributed by atoms with Crippen molar-refractivity contribution in [2.75, 3.05) is 39.3 Å². The Morgan fingerprint density at radius 1 is 1.07 bits per heavy atom. The van der Waals surface area contributed by atoms with Crippen molar-refractivity contribution in [2.24, 2.45) is 0 Å². The third-order valence-electron chi connectivity index (χ3n) is 6.12. The summed E-state index contributed by atoms with van der Waals surface area (Å²) in [5.41, 5.74) is 2.79. The molecule has 156 valence electrons. The molecule has 0 radical (unpaired) electrons. The molecule has 2 amide bonds. The van der Waals surface area contributed by atoms with E-state index in [0.29, 0.717) is 43.6 Å². The molecule has 3 aromatic heterocycles. The van der Waals surface area contributed by atoms with Gasteiger partial charge in [-0.15, -0.1) is 0 Å². The highest BCUT2D eigenvalue weighted by Gasteiger charge is 2.38. The zero-order chi connectivity index (χ0) is 20.8. The molecule has 0 spiro atoms. The molecule has 0 unspecified atom stereocenters. The molecule has 8 nitrogen and oxygen atoms in total. The fourth-order valence-corrected chi connectivity index (χ4v) is 4.60. The Kier molecular flexibility index (Phi) is 4.86. The van der Waals surface area contributed by atoms with Gasteiger partial charge in [-0.25, -0.2) is 4.98 Å². The molecular formula is C21H23BrN6O2. The number of piperazine rings is 1. The first-order chi connectivity index (χ1) is 14.5. The SMILES string of the molecule is Cc1c(C(=O)N2CC(N3CCN(C(=O)c4ccc[nH]4)CC3)C2)nc2ccc(Br)cn12. The van der Waals surface area contributed by atoms with Crippen LogP contribution in [-0.4, -0.2) is 86.2 Å². The number of rotatable bonds is 3. The zero-order valence-corrected chi connectivity index (χ0v) is 18.3. The second kappa shape index (κ2) is 7.55. The lowest BCUT2D eigenvalue weighted by atomic mass is 10.0. The predicted octanol–water partition coefficient (Wildman–Crippen LogP) is 2.02. The number of carbonyl (C=O) groups excluding carboxylic acids is 2. The van der Waals surface area contributed by atoms with E-state index in [-0.39, 0.29) is 11.8 Å². The van der Waals surface area contributed by atoms with Crippen LogP contribution >= 0.6 is 15.9 Å². The van der Waals surface area contributed by atoms with Crippen molar-refractivity contribution in [1.82, 2.24) is 29.1 Å². The van der Waals surface area contributed by atoms with Crippen LogP contribution in [0, 0.1) is 6.92 Å². The molecule has 0 bridgehead atoms. The van der Waals surface area contributed by atoms with Crippen molar-refractivity contribution in [1.29, 1.82) is 0 Å². The zero-order valence-electron chi connectivity index (χ0n) is 16.7. The second-order valence-electron chi connectivity index (χ2n) is 7.90. The highest BCUT2D eigenvalue weighted by Crippen LogP contribution is 2.23. The van der Waals surface area contributed by atoms with Gasteiger partial charge in [0.2, 0.25) is 0 Å². The lowest BCUT2D eigenvalue weighted by Crippen LogP contribution is -2.64. The number of imidazole rings is 1. The number of pyridine rings is 1. The summed E-state index contributed by atoms with van der Waals surface area (Å²) in [5, 5.41) is 0. The van der Waals surface area contributed by atoms with Crippen molar-refractivity contribution < 1.29 is 9.59 Å².